The smallest absolute Gasteiger partial charge is 0.326 e. The molecule has 3 amide bonds. The fourth-order valence-electron chi connectivity index (χ4n) is 5.01. The fourth-order valence-corrected chi connectivity index (χ4v) is 5.13. The van der Waals surface area contributed by atoms with Gasteiger partial charge in [0.2, 0.25) is 5.91 Å². The van der Waals surface area contributed by atoms with E-state index in [9.17, 15) is 14.0 Å². The molecule has 0 aromatic heterocycles. The molecule has 1 fully saturated rings. The Bertz CT molecular complexity index is 1450. The molecule has 3 aromatic rings. The molecule has 2 unspecified atom stereocenters. The van der Waals surface area contributed by atoms with E-state index in [4.69, 9.17) is 26.1 Å². The lowest BCUT2D eigenvalue weighted by Gasteiger charge is -2.35. The number of piperazine rings is 1. The number of nitrogens with one attached hydrogen (secondary N) is 1. The van der Waals surface area contributed by atoms with Crippen molar-refractivity contribution in [1.29, 1.82) is 0 Å². The number of carbonyl (C=O) groups excluding carboxylic acids is 2. The summed E-state index contributed by atoms with van der Waals surface area (Å²) in [6.45, 7) is 4.37. The highest BCUT2D eigenvalue weighted by Crippen LogP contribution is 2.45. The number of benzene rings is 3. The van der Waals surface area contributed by atoms with Crippen molar-refractivity contribution in [2.45, 2.75) is 32.0 Å². The Morgan fingerprint density at radius 3 is 2.55 bits per heavy atom. The molecule has 0 saturated carbocycles. The molecular weight excluding hydrogens is 535 g/mol. The Kier molecular flexibility index (Phi) is 7.93. The summed E-state index contributed by atoms with van der Waals surface area (Å²) >= 11 is 6.19. The van der Waals surface area contributed by atoms with Gasteiger partial charge in [0.1, 0.15) is 35.7 Å². The number of methoxy groups -OCH3 is 1. The summed E-state index contributed by atoms with van der Waals surface area (Å²) in [6.07, 6.45) is -0.172. The molecule has 5 rings (SSSR count). The Hall–Kier alpha value is -4.11. The van der Waals surface area contributed by atoms with E-state index in [0.29, 0.717) is 46.6 Å². The van der Waals surface area contributed by atoms with Gasteiger partial charge in [0.05, 0.1) is 24.8 Å². The number of rotatable bonds is 6. The number of amides is 3. The molecule has 0 aliphatic carbocycles. The Balaban J connectivity index is 1.72. The third kappa shape index (κ3) is 5.60. The van der Waals surface area contributed by atoms with Gasteiger partial charge in [0, 0.05) is 24.2 Å². The van der Waals surface area contributed by atoms with Crippen LogP contribution in [0.25, 0.3) is 0 Å². The molecule has 1 N–H and O–H groups in total. The Morgan fingerprint density at radius 1 is 1.10 bits per heavy atom. The van der Waals surface area contributed by atoms with Crippen molar-refractivity contribution in [1.82, 2.24) is 15.1 Å². The van der Waals surface area contributed by atoms with Crippen LogP contribution in [0.1, 0.15) is 42.6 Å². The zero-order valence-corrected chi connectivity index (χ0v) is 23.2. The van der Waals surface area contributed by atoms with Crippen LogP contribution in [0.3, 0.4) is 0 Å². The molecule has 1 saturated heterocycles. The van der Waals surface area contributed by atoms with Crippen LogP contribution in [0.2, 0.25) is 5.02 Å². The number of hydrogen-bond donors (Lipinski definition) is 1. The van der Waals surface area contributed by atoms with Crippen molar-refractivity contribution in [3.05, 3.63) is 94.3 Å². The highest BCUT2D eigenvalue weighted by atomic mass is 35.5. The normalized spacial score (nSPS) is 18.9. The number of hydrogen-bond acceptors (Lipinski definition) is 5. The summed E-state index contributed by atoms with van der Waals surface area (Å²) in [5.74, 6) is 0.737. The van der Waals surface area contributed by atoms with E-state index in [-0.39, 0.29) is 18.6 Å². The summed E-state index contributed by atoms with van der Waals surface area (Å²) < 4.78 is 26.2. The van der Waals surface area contributed by atoms with Crippen molar-refractivity contribution >= 4 is 29.4 Å². The van der Waals surface area contributed by atoms with E-state index < -0.39 is 23.9 Å². The maximum atomic E-state index is 14.6. The second kappa shape index (κ2) is 11.6. The molecule has 2 heterocycles. The monoisotopic (exact) mass is 564 g/mol. The van der Waals surface area contributed by atoms with E-state index in [1.165, 1.54) is 17.0 Å². The summed E-state index contributed by atoms with van der Waals surface area (Å²) in [5, 5.41) is 3.32. The molecule has 0 spiro atoms. The molecule has 208 valence electrons. The first kappa shape index (κ1) is 27.5. The molecule has 10 heteroatoms. The number of amidine groups is 1. The highest BCUT2D eigenvalue weighted by molar-refractivity contribution is 6.30. The van der Waals surface area contributed by atoms with E-state index >= 15 is 0 Å². The lowest BCUT2D eigenvalue weighted by molar-refractivity contribution is -0.123. The third-order valence-electron chi connectivity index (χ3n) is 6.78. The molecule has 2 aliphatic heterocycles. The van der Waals surface area contributed by atoms with Gasteiger partial charge in [0.25, 0.3) is 0 Å². The van der Waals surface area contributed by atoms with Crippen LogP contribution in [-0.4, -0.2) is 60.4 Å². The molecule has 2 atom stereocenters. The average molecular weight is 565 g/mol. The van der Waals surface area contributed by atoms with E-state index in [1.807, 2.05) is 26.0 Å². The highest BCUT2D eigenvalue weighted by Gasteiger charge is 2.45. The maximum Gasteiger partial charge on any atom is 0.326 e. The van der Waals surface area contributed by atoms with Gasteiger partial charge in [-0.05, 0) is 61.4 Å². The van der Waals surface area contributed by atoms with Crippen LogP contribution in [0, 0.1) is 5.82 Å². The Labute approximate surface area is 237 Å². The van der Waals surface area contributed by atoms with E-state index in [1.54, 1.807) is 54.5 Å². The minimum absolute atomic E-state index is 0.0952. The number of ether oxygens (including phenoxy) is 2. The number of carbonyl (C=O) groups is 2. The van der Waals surface area contributed by atoms with Crippen LogP contribution >= 0.6 is 11.6 Å². The minimum Gasteiger partial charge on any atom is -0.497 e. The third-order valence-corrected chi connectivity index (χ3v) is 7.03. The second-order valence-electron chi connectivity index (χ2n) is 9.90. The summed E-state index contributed by atoms with van der Waals surface area (Å²) in [5.41, 5.74) is 1.93. The SMILES string of the molecule is COc1ccc(C2=NC(c3ccc(Cl)cc3)C(c3cccc(F)c3)N2C(=O)N2CCNC(=O)C2)c(OC(C)C)c1. The first-order valence-corrected chi connectivity index (χ1v) is 13.4. The molecule has 8 nitrogen and oxygen atoms in total. The van der Waals surface area contributed by atoms with Crippen LogP contribution in [0.5, 0.6) is 11.5 Å². The number of halogens is 2. The lowest BCUT2D eigenvalue weighted by atomic mass is 9.93. The first-order valence-electron chi connectivity index (χ1n) is 13.0. The predicted octanol–water partition coefficient (Wildman–Crippen LogP) is 5.37. The van der Waals surface area contributed by atoms with Crippen molar-refractivity contribution in [3.63, 3.8) is 0 Å². The topological polar surface area (TPSA) is 83.5 Å². The standard InChI is InChI=1S/C30H30ClFN4O4/c1-18(2)40-25-16-23(39-3)11-12-24(25)29-34-27(19-7-9-21(31)10-8-19)28(20-5-4-6-22(32)15-20)36(29)30(38)35-14-13-33-26(37)17-35/h4-12,15-16,18,27-28H,13-14,17H2,1-3H3,(H,33,37). The zero-order chi connectivity index (χ0) is 28.4. The number of nitrogens with zero attached hydrogens (tertiary/aromatic N) is 3. The van der Waals surface area contributed by atoms with Crippen molar-refractivity contribution in [2.75, 3.05) is 26.7 Å². The second-order valence-corrected chi connectivity index (χ2v) is 10.3. The predicted molar refractivity (Wildman–Crippen MR) is 150 cm³/mol. The molecule has 40 heavy (non-hydrogen) atoms. The van der Waals surface area contributed by atoms with Crippen LogP contribution in [0.15, 0.2) is 71.7 Å². The maximum absolute atomic E-state index is 14.6. The first-order chi connectivity index (χ1) is 19.2. The molecule has 0 bridgehead atoms. The van der Waals surface area contributed by atoms with Crippen molar-refractivity contribution in [2.24, 2.45) is 4.99 Å². The van der Waals surface area contributed by atoms with Crippen molar-refractivity contribution < 1.29 is 23.5 Å². The molecular formula is C30H30ClFN4O4. The van der Waals surface area contributed by atoms with Gasteiger partial charge in [-0.15, -0.1) is 0 Å². The number of aliphatic imine (C=N–C) groups is 1. The largest absolute Gasteiger partial charge is 0.497 e. The Morgan fingerprint density at radius 2 is 1.88 bits per heavy atom. The van der Waals surface area contributed by atoms with Crippen LogP contribution in [-0.2, 0) is 4.79 Å². The van der Waals surface area contributed by atoms with Gasteiger partial charge in [0.15, 0.2) is 0 Å². The van der Waals surface area contributed by atoms with Gasteiger partial charge in [-0.25, -0.2) is 9.18 Å². The minimum atomic E-state index is -0.710. The molecule has 0 radical (unpaired) electrons. The quantitative estimate of drug-likeness (QED) is 0.436. The number of urea groups is 1. The summed E-state index contributed by atoms with van der Waals surface area (Å²) in [4.78, 5) is 34.7. The summed E-state index contributed by atoms with van der Waals surface area (Å²) in [7, 11) is 1.56. The van der Waals surface area contributed by atoms with Gasteiger partial charge >= 0.3 is 6.03 Å². The van der Waals surface area contributed by atoms with Gasteiger partial charge in [-0.3, -0.25) is 14.7 Å². The summed E-state index contributed by atoms with van der Waals surface area (Å²) in [6, 6.07) is 17.0. The molecule has 2 aliphatic rings. The fraction of sp³-hybridized carbons (Fsp3) is 0.300. The molecule has 3 aromatic carbocycles. The van der Waals surface area contributed by atoms with E-state index in [2.05, 4.69) is 5.32 Å². The van der Waals surface area contributed by atoms with Crippen LogP contribution in [0.4, 0.5) is 9.18 Å². The van der Waals surface area contributed by atoms with Gasteiger partial charge < -0.3 is 19.7 Å². The van der Waals surface area contributed by atoms with E-state index in [0.717, 1.165) is 5.56 Å². The lowest BCUT2D eigenvalue weighted by Crippen LogP contribution is -2.55. The average Bonchev–Trinajstić information content (AvgIpc) is 3.33. The van der Waals surface area contributed by atoms with Gasteiger partial charge in [-0.1, -0.05) is 35.9 Å². The zero-order valence-electron chi connectivity index (χ0n) is 22.4. The van der Waals surface area contributed by atoms with Crippen LogP contribution < -0.4 is 14.8 Å². The van der Waals surface area contributed by atoms with Crippen molar-refractivity contribution in [3.8, 4) is 11.5 Å². The van der Waals surface area contributed by atoms with Gasteiger partial charge in [-0.2, -0.15) is 0 Å².